The number of benzene rings is 2. The Morgan fingerprint density at radius 3 is 2.52 bits per heavy atom. The van der Waals surface area contributed by atoms with Crippen LogP contribution in [0, 0.1) is 6.92 Å². The Labute approximate surface area is 143 Å². The number of hydrogen-bond acceptors (Lipinski definition) is 3. The normalized spacial score (nSPS) is 12.2. The molecule has 0 saturated heterocycles. The number of aromatic nitrogens is 3. The van der Waals surface area contributed by atoms with E-state index in [4.69, 9.17) is 0 Å². The molecule has 0 radical (unpaired) electrons. The van der Waals surface area contributed by atoms with Gasteiger partial charge in [-0.3, -0.25) is 0 Å². The van der Waals surface area contributed by atoms with Crippen LogP contribution in [0.25, 0.3) is 21.9 Å². The van der Waals surface area contributed by atoms with Gasteiger partial charge in [0.15, 0.2) is 0 Å². The van der Waals surface area contributed by atoms with Crippen molar-refractivity contribution in [3.8, 4) is 0 Å². The summed E-state index contributed by atoms with van der Waals surface area (Å²) < 4.78 is 27.6. The first-order valence-corrected chi connectivity index (χ1v) is 9.19. The Bertz CT molecular complexity index is 1250. The van der Waals surface area contributed by atoms with E-state index in [1.54, 1.807) is 6.07 Å². The van der Waals surface area contributed by atoms with Crippen LogP contribution in [0.15, 0.2) is 52.2 Å². The highest BCUT2D eigenvalue weighted by atomic mass is 32.2. The van der Waals surface area contributed by atoms with Crippen molar-refractivity contribution in [3.05, 3.63) is 64.2 Å². The minimum Gasteiger partial charge on any atom is -0.359 e. The lowest BCUT2D eigenvalue weighted by Gasteiger charge is -2.07. The molecule has 0 fully saturated rings. The van der Waals surface area contributed by atoms with Crippen LogP contribution in [0.2, 0.25) is 0 Å². The van der Waals surface area contributed by atoms with Gasteiger partial charge in [-0.05, 0) is 54.3 Å². The molecule has 0 unspecified atom stereocenters. The fourth-order valence-corrected chi connectivity index (χ4v) is 3.92. The van der Waals surface area contributed by atoms with Crippen molar-refractivity contribution in [2.75, 3.05) is 0 Å². The fourth-order valence-electron chi connectivity index (χ4n) is 2.88. The molecule has 4 aromatic rings. The summed E-state index contributed by atoms with van der Waals surface area (Å²) in [5.41, 5.74) is 3.60. The molecule has 2 heterocycles. The molecule has 7 nitrogen and oxygen atoms in total. The summed E-state index contributed by atoms with van der Waals surface area (Å²) in [6, 6.07) is 12.3. The lowest BCUT2D eigenvalue weighted by Crippen LogP contribution is -2.23. The van der Waals surface area contributed by atoms with Gasteiger partial charge in [0.05, 0.1) is 15.9 Å². The van der Waals surface area contributed by atoms with E-state index in [-0.39, 0.29) is 17.1 Å². The lowest BCUT2D eigenvalue weighted by atomic mass is 10.1. The minimum absolute atomic E-state index is 0.105. The molecule has 2 aromatic heterocycles. The second-order valence-corrected chi connectivity index (χ2v) is 7.75. The molecule has 0 saturated carbocycles. The predicted octanol–water partition coefficient (Wildman–Crippen LogP) is 2.12. The Kier molecular flexibility index (Phi) is 3.52. The van der Waals surface area contributed by atoms with Gasteiger partial charge in [0.25, 0.3) is 0 Å². The van der Waals surface area contributed by atoms with Gasteiger partial charge in [0.2, 0.25) is 10.0 Å². The number of aryl methyl sites for hydroxylation is 1. The predicted molar refractivity (Wildman–Crippen MR) is 96.0 cm³/mol. The third-order valence-corrected chi connectivity index (χ3v) is 5.48. The van der Waals surface area contributed by atoms with Crippen molar-refractivity contribution in [2.24, 2.45) is 0 Å². The molecule has 0 atom stereocenters. The molecule has 0 aliphatic carbocycles. The van der Waals surface area contributed by atoms with Crippen molar-refractivity contribution >= 4 is 32.0 Å². The molecule has 4 N–H and O–H groups in total. The highest BCUT2D eigenvalue weighted by Crippen LogP contribution is 2.18. The molecule has 0 spiro atoms. The number of H-pyrrole nitrogens is 3. The van der Waals surface area contributed by atoms with Crippen molar-refractivity contribution in [2.45, 2.75) is 18.4 Å². The van der Waals surface area contributed by atoms with Crippen LogP contribution in [0.4, 0.5) is 0 Å². The van der Waals surface area contributed by atoms with Crippen molar-refractivity contribution in [3.63, 3.8) is 0 Å². The molecule has 0 aliphatic heterocycles. The van der Waals surface area contributed by atoms with Gasteiger partial charge in [-0.1, -0.05) is 6.07 Å². The van der Waals surface area contributed by atoms with Crippen LogP contribution < -0.4 is 10.4 Å². The Balaban J connectivity index is 1.59. The summed E-state index contributed by atoms with van der Waals surface area (Å²) in [5.74, 6) is 0. The van der Waals surface area contributed by atoms with Gasteiger partial charge < -0.3 is 15.0 Å². The van der Waals surface area contributed by atoms with E-state index in [2.05, 4.69) is 19.7 Å². The Hall–Kier alpha value is -2.84. The van der Waals surface area contributed by atoms with Crippen LogP contribution in [0.3, 0.4) is 0 Å². The topological polar surface area (TPSA) is 111 Å². The maximum Gasteiger partial charge on any atom is 0.323 e. The van der Waals surface area contributed by atoms with Gasteiger partial charge in [-0.15, -0.1) is 0 Å². The first-order valence-electron chi connectivity index (χ1n) is 7.71. The summed E-state index contributed by atoms with van der Waals surface area (Å²) in [6.45, 7) is 2.16. The molecule has 8 heteroatoms. The Morgan fingerprint density at radius 2 is 1.68 bits per heavy atom. The standard InChI is InChI=1S/C17H16N4O3S/c1-10-6-12-7-11(2-4-14(12)19-10)9-18-25(23,24)13-3-5-15-16(8-13)21-17(22)20-15/h2-8,18-19H,9H2,1H3,(H2,20,21,22). The summed E-state index contributed by atoms with van der Waals surface area (Å²) in [6.07, 6.45) is 0. The van der Waals surface area contributed by atoms with Gasteiger partial charge in [0.1, 0.15) is 0 Å². The zero-order valence-electron chi connectivity index (χ0n) is 13.4. The van der Waals surface area contributed by atoms with Crippen molar-refractivity contribution in [1.29, 1.82) is 0 Å². The van der Waals surface area contributed by atoms with E-state index in [9.17, 15) is 13.2 Å². The second kappa shape index (κ2) is 5.61. The smallest absolute Gasteiger partial charge is 0.323 e. The second-order valence-electron chi connectivity index (χ2n) is 5.99. The van der Waals surface area contributed by atoms with Crippen LogP contribution >= 0.6 is 0 Å². The fraction of sp³-hybridized carbons (Fsp3) is 0.118. The molecular formula is C17H16N4O3S. The van der Waals surface area contributed by atoms with Gasteiger partial charge in [0, 0.05) is 17.8 Å². The SMILES string of the molecule is Cc1cc2cc(CNS(=O)(=O)c3ccc4[nH]c(=O)[nH]c4c3)ccc2[nH]1. The zero-order valence-corrected chi connectivity index (χ0v) is 14.2. The summed E-state index contributed by atoms with van der Waals surface area (Å²) in [5, 5.41) is 1.04. The minimum atomic E-state index is -3.68. The van der Waals surface area contributed by atoms with E-state index in [0.717, 1.165) is 22.2 Å². The number of sulfonamides is 1. The number of aromatic amines is 3. The third kappa shape index (κ3) is 2.97. The maximum absolute atomic E-state index is 12.5. The zero-order chi connectivity index (χ0) is 17.6. The van der Waals surface area contributed by atoms with Crippen LogP contribution in [-0.4, -0.2) is 23.4 Å². The van der Waals surface area contributed by atoms with E-state index in [1.807, 2.05) is 31.2 Å². The van der Waals surface area contributed by atoms with Crippen LogP contribution in [-0.2, 0) is 16.6 Å². The largest absolute Gasteiger partial charge is 0.359 e. The molecule has 4 rings (SSSR count). The van der Waals surface area contributed by atoms with Crippen molar-refractivity contribution in [1.82, 2.24) is 19.7 Å². The van der Waals surface area contributed by atoms with Crippen molar-refractivity contribution < 1.29 is 8.42 Å². The monoisotopic (exact) mass is 356 g/mol. The van der Waals surface area contributed by atoms with E-state index in [0.29, 0.717) is 11.0 Å². The molecule has 128 valence electrons. The van der Waals surface area contributed by atoms with Gasteiger partial charge in [-0.25, -0.2) is 17.9 Å². The number of rotatable bonds is 4. The molecule has 0 amide bonds. The van der Waals surface area contributed by atoms with Crippen LogP contribution in [0.5, 0.6) is 0 Å². The van der Waals surface area contributed by atoms with Gasteiger partial charge >= 0.3 is 5.69 Å². The lowest BCUT2D eigenvalue weighted by molar-refractivity contribution is 0.581. The number of hydrogen-bond donors (Lipinski definition) is 4. The molecule has 2 aromatic carbocycles. The molecule has 0 bridgehead atoms. The highest BCUT2D eigenvalue weighted by molar-refractivity contribution is 7.89. The Morgan fingerprint density at radius 1 is 0.920 bits per heavy atom. The van der Waals surface area contributed by atoms with Gasteiger partial charge in [-0.2, -0.15) is 0 Å². The molecular weight excluding hydrogens is 340 g/mol. The van der Waals surface area contributed by atoms with E-state index < -0.39 is 10.0 Å². The first-order chi connectivity index (χ1) is 11.9. The number of fused-ring (bicyclic) bond motifs is 2. The molecule has 25 heavy (non-hydrogen) atoms. The number of nitrogens with one attached hydrogen (secondary N) is 4. The van der Waals surface area contributed by atoms with E-state index in [1.165, 1.54) is 12.1 Å². The third-order valence-electron chi connectivity index (χ3n) is 4.08. The summed E-state index contributed by atoms with van der Waals surface area (Å²) in [7, 11) is -3.68. The molecule has 0 aliphatic rings. The number of imidazole rings is 1. The average molecular weight is 356 g/mol. The first kappa shape index (κ1) is 15.7. The quantitative estimate of drug-likeness (QED) is 0.449. The maximum atomic E-state index is 12.5. The van der Waals surface area contributed by atoms with E-state index >= 15 is 0 Å². The average Bonchev–Trinajstić information content (AvgIpc) is 3.11. The van der Waals surface area contributed by atoms with Crippen LogP contribution in [0.1, 0.15) is 11.3 Å². The summed E-state index contributed by atoms with van der Waals surface area (Å²) >= 11 is 0. The summed E-state index contributed by atoms with van der Waals surface area (Å²) in [4.78, 5) is 19.8. The highest BCUT2D eigenvalue weighted by Gasteiger charge is 2.15.